The van der Waals surface area contributed by atoms with E-state index in [1.54, 1.807) is 6.20 Å². The van der Waals surface area contributed by atoms with E-state index in [1.165, 1.54) is 0 Å². The average Bonchev–Trinajstić information content (AvgIpc) is 3.47. The van der Waals surface area contributed by atoms with Crippen LogP contribution in [0, 0.1) is 0 Å². The number of fused-ring (bicyclic) bond motifs is 3. The predicted molar refractivity (Wildman–Crippen MR) is 174 cm³/mol. The van der Waals surface area contributed by atoms with Gasteiger partial charge in [0.1, 0.15) is 11.2 Å². The Balaban J connectivity index is 1.37. The SMILES string of the molecule is c1ccc(-c2ccccc2-c2cc(-c3ccccc3-c3cccnc3)nc(-c3ccc4c(c3)oc3ccccc34)n2)cc1. The van der Waals surface area contributed by atoms with Gasteiger partial charge in [0.25, 0.3) is 0 Å². The summed E-state index contributed by atoms with van der Waals surface area (Å²) in [7, 11) is 0. The summed E-state index contributed by atoms with van der Waals surface area (Å²) in [5.74, 6) is 0.638. The molecule has 0 saturated carbocycles. The van der Waals surface area contributed by atoms with E-state index in [4.69, 9.17) is 14.4 Å². The molecule has 0 aliphatic carbocycles. The normalized spacial score (nSPS) is 11.3. The molecule has 0 spiro atoms. The molecule has 8 rings (SSSR count). The lowest BCUT2D eigenvalue weighted by Gasteiger charge is -2.14. The minimum Gasteiger partial charge on any atom is -0.456 e. The van der Waals surface area contributed by atoms with Crippen LogP contribution >= 0.6 is 0 Å². The zero-order chi connectivity index (χ0) is 28.6. The quantitative estimate of drug-likeness (QED) is 0.214. The van der Waals surface area contributed by atoms with Crippen LogP contribution in [0.25, 0.3) is 78.1 Å². The smallest absolute Gasteiger partial charge is 0.160 e. The molecule has 0 aliphatic rings. The van der Waals surface area contributed by atoms with Crippen molar-refractivity contribution in [2.45, 2.75) is 0 Å². The Bertz CT molecular complexity index is 2140. The van der Waals surface area contributed by atoms with Gasteiger partial charge in [0.05, 0.1) is 11.4 Å². The molecule has 5 aromatic carbocycles. The Labute approximate surface area is 249 Å². The summed E-state index contributed by atoms with van der Waals surface area (Å²) in [6, 6.07) is 47.7. The summed E-state index contributed by atoms with van der Waals surface area (Å²) in [6.07, 6.45) is 3.68. The monoisotopic (exact) mass is 551 g/mol. The Kier molecular flexibility index (Phi) is 6.08. The average molecular weight is 552 g/mol. The van der Waals surface area contributed by atoms with Crippen LogP contribution in [0.4, 0.5) is 0 Å². The lowest BCUT2D eigenvalue weighted by atomic mass is 9.95. The van der Waals surface area contributed by atoms with E-state index in [2.05, 4.69) is 108 Å². The lowest BCUT2D eigenvalue weighted by Crippen LogP contribution is -1.98. The standard InChI is InChI=1S/C39H25N3O/c1-2-11-26(12-3-1)29-14-4-6-16-31(29)35-24-36(32-17-7-5-15-30(32)28-13-10-22-40-25-28)42-39(41-35)27-20-21-34-33-18-8-9-19-37(33)43-38(34)23-27/h1-25H. The summed E-state index contributed by atoms with van der Waals surface area (Å²) in [6.45, 7) is 0. The highest BCUT2D eigenvalue weighted by molar-refractivity contribution is 6.05. The van der Waals surface area contributed by atoms with Crippen molar-refractivity contribution in [3.05, 3.63) is 152 Å². The zero-order valence-corrected chi connectivity index (χ0v) is 23.2. The van der Waals surface area contributed by atoms with E-state index in [9.17, 15) is 0 Å². The fraction of sp³-hybridized carbons (Fsp3) is 0. The van der Waals surface area contributed by atoms with Crippen LogP contribution in [0.15, 0.2) is 156 Å². The molecule has 0 aliphatic heterocycles. The van der Waals surface area contributed by atoms with E-state index in [1.807, 2.05) is 42.6 Å². The van der Waals surface area contributed by atoms with Crippen LogP contribution in [0.3, 0.4) is 0 Å². The Morgan fingerprint density at radius 3 is 1.74 bits per heavy atom. The predicted octanol–water partition coefficient (Wildman–Crippen LogP) is 10.1. The number of aromatic nitrogens is 3. The van der Waals surface area contributed by atoms with Gasteiger partial charge >= 0.3 is 0 Å². The van der Waals surface area contributed by atoms with Crippen molar-refractivity contribution in [3.63, 3.8) is 0 Å². The molecule has 0 radical (unpaired) electrons. The lowest BCUT2D eigenvalue weighted by molar-refractivity contribution is 0.669. The van der Waals surface area contributed by atoms with Gasteiger partial charge in [-0.25, -0.2) is 9.97 Å². The maximum atomic E-state index is 6.24. The van der Waals surface area contributed by atoms with Crippen LogP contribution in [0.1, 0.15) is 0 Å². The summed E-state index contributed by atoms with van der Waals surface area (Å²) in [4.78, 5) is 14.7. The first-order valence-electron chi connectivity index (χ1n) is 14.3. The molecule has 0 bridgehead atoms. The van der Waals surface area contributed by atoms with Crippen molar-refractivity contribution in [1.82, 2.24) is 15.0 Å². The Hall–Kier alpha value is -5.87. The molecule has 4 nitrogen and oxygen atoms in total. The third-order valence-corrected chi connectivity index (χ3v) is 7.83. The van der Waals surface area contributed by atoms with Gasteiger partial charge in [-0.2, -0.15) is 0 Å². The van der Waals surface area contributed by atoms with Crippen molar-refractivity contribution in [2.75, 3.05) is 0 Å². The van der Waals surface area contributed by atoms with Gasteiger partial charge in [-0.1, -0.05) is 109 Å². The molecule has 3 aromatic heterocycles. The molecule has 202 valence electrons. The molecule has 0 saturated heterocycles. The van der Waals surface area contributed by atoms with E-state index in [0.717, 1.165) is 72.3 Å². The highest BCUT2D eigenvalue weighted by Gasteiger charge is 2.17. The molecule has 0 atom stereocenters. The van der Waals surface area contributed by atoms with Crippen LogP contribution in [0.2, 0.25) is 0 Å². The number of benzene rings is 5. The molecule has 0 amide bonds. The maximum Gasteiger partial charge on any atom is 0.160 e. The molecule has 0 N–H and O–H groups in total. The van der Waals surface area contributed by atoms with Crippen molar-refractivity contribution in [1.29, 1.82) is 0 Å². The van der Waals surface area contributed by atoms with Crippen LogP contribution in [0.5, 0.6) is 0 Å². The molecule has 43 heavy (non-hydrogen) atoms. The molecule has 4 heteroatoms. The van der Waals surface area contributed by atoms with Gasteiger partial charge in [-0.15, -0.1) is 0 Å². The van der Waals surface area contributed by atoms with Gasteiger partial charge in [0.15, 0.2) is 5.82 Å². The highest BCUT2D eigenvalue weighted by Crippen LogP contribution is 2.38. The summed E-state index contributed by atoms with van der Waals surface area (Å²) in [5, 5.41) is 2.17. The second kappa shape index (κ2) is 10.5. The molecular formula is C39H25N3O. The van der Waals surface area contributed by atoms with E-state index in [-0.39, 0.29) is 0 Å². The second-order valence-corrected chi connectivity index (χ2v) is 10.5. The van der Waals surface area contributed by atoms with Crippen molar-refractivity contribution < 1.29 is 4.42 Å². The number of hydrogen-bond acceptors (Lipinski definition) is 4. The summed E-state index contributed by atoms with van der Waals surface area (Å²) < 4.78 is 6.24. The summed E-state index contributed by atoms with van der Waals surface area (Å²) in [5.41, 5.74) is 10.7. The number of hydrogen-bond donors (Lipinski definition) is 0. The van der Waals surface area contributed by atoms with E-state index < -0.39 is 0 Å². The minimum absolute atomic E-state index is 0.638. The van der Waals surface area contributed by atoms with Crippen molar-refractivity contribution in [2.24, 2.45) is 0 Å². The molecule has 3 heterocycles. The highest BCUT2D eigenvalue weighted by atomic mass is 16.3. The molecule has 8 aromatic rings. The fourth-order valence-electron chi connectivity index (χ4n) is 5.77. The molecule has 0 unspecified atom stereocenters. The third kappa shape index (κ3) is 4.55. The Morgan fingerprint density at radius 2 is 1.02 bits per heavy atom. The number of para-hydroxylation sites is 1. The van der Waals surface area contributed by atoms with Gasteiger partial charge in [0, 0.05) is 45.4 Å². The largest absolute Gasteiger partial charge is 0.456 e. The zero-order valence-electron chi connectivity index (χ0n) is 23.2. The van der Waals surface area contributed by atoms with Gasteiger partial charge in [-0.3, -0.25) is 4.98 Å². The molecule has 0 fully saturated rings. The van der Waals surface area contributed by atoms with Gasteiger partial charge in [-0.05, 0) is 47.0 Å². The first-order chi connectivity index (χ1) is 21.3. The van der Waals surface area contributed by atoms with Gasteiger partial charge in [0.2, 0.25) is 0 Å². The molecular weight excluding hydrogens is 526 g/mol. The van der Waals surface area contributed by atoms with Crippen LogP contribution in [-0.4, -0.2) is 15.0 Å². The van der Waals surface area contributed by atoms with Crippen molar-refractivity contribution >= 4 is 21.9 Å². The number of furan rings is 1. The number of rotatable bonds is 5. The van der Waals surface area contributed by atoms with Crippen LogP contribution in [-0.2, 0) is 0 Å². The fourth-order valence-corrected chi connectivity index (χ4v) is 5.77. The first-order valence-corrected chi connectivity index (χ1v) is 14.3. The van der Waals surface area contributed by atoms with E-state index in [0.29, 0.717) is 5.82 Å². The minimum atomic E-state index is 0.638. The number of pyridine rings is 1. The van der Waals surface area contributed by atoms with E-state index >= 15 is 0 Å². The Morgan fingerprint density at radius 1 is 0.419 bits per heavy atom. The third-order valence-electron chi connectivity index (χ3n) is 7.83. The first kappa shape index (κ1) is 24.9. The summed E-state index contributed by atoms with van der Waals surface area (Å²) >= 11 is 0. The maximum absolute atomic E-state index is 6.24. The number of nitrogens with zero attached hydrogens (tertiary/aromatic N) is 3. The van der Waals surface area contributed by atoms with Gasteiger partial charge < -0.3 is 4.42 Å². The van der Waals surface area contributed by atoms with Crippen molar-refractivity contribution in [3.8, 4) is 56.2 Å². The second-order valence-electron chi connectivity index (χ2n) is 10.5. The van der Waals surface area contributed by atoms with Crippen LogP contribution < -0.4 is 0 Å². The topological polar surface area (TPSA) is 51.8 Å².